The Morgan fingerprint density at radius 2 is 1.50 bits per heavy atom. The van der Waals surface area contributed by atoms with E-state index in [1.165, 1.54) is 24.1 Å². The first-order valence-corrected chi connectivity index (χ1v) is 16.9. The number of sulfonamides is 1. The molecule has 0 radical (unpaired) electrons. The molecular weight excluding hydrogens is 622 g/mol. The van der Waals surface area contributed by atoms with E-state index in [1.54, 1.807) is 36.4 Å². The summed E-state index contributed by atoms with van der Waals surface area (Å²) in [5.74, 6) is -0.351. The third-order valence-corrected chi connectivity index (χ3v) is 9.83. The first-order chi connectivity index (χ1) is 22.0. The van der Waals surface area contributed by atoms with Gasteiger partial charge in [0.05, 0.1) is 17.7 Å². The van der Waals surface area contributed by atoms with Gasteiger partial charge in [0.1, 0.15) is 18.3 Å². The second kappa shape index (κ2) is 15.8. The van der Waals surface area contributed by atoms with E-state index in [0.29, 0.717) is 17.2 Å². The number of rotatable bonds is 14. The van der Waals surface area contributed by atoms with Crippen molar-refractivity contribution in [2.45, 2.75) is 57.1 Å². The van der Waals surface area contributed by atoms with Crippen LogP contribution in [0.5, 0.6) is 5.75 Å². The Bertz CT molecular complexity index is 1700. The van der Waals surface area contributed by atoms with Gasteiger partial charge < -0.3 is 15.0 Å². The molecule has 0 heterocycles. The lowest BCUT2D eigenvalue weighted by Crippen LogP contribution is -2.54. The molecule has 0 bridgehead atoms. The summed E-state index contributed by atoms with van der Waals surface area (Å²) < 4.78 is 34.6. The van der Waals surface area contributed by atoms with Crippen LogP contribution in [-0.2, 0) is 32.6 Å². The number of aryl methyl sites for hydroxylation is 1. The summed E-state index contributed by atoms with van der Waals surface area (Å²) in [6.45, 7) is 5.40. The van der Waals surface area contributed by atoms with E-state index in [-0.39, 0.29) is 35.5 Å². The van der Waals surface area contributed by atoms with Crippen molar-refractivity contribution in [2.75, 3.05) is 18.0 Å². The maximum absolute atomic E-state index is 14.5. The van der Waals surface area contributed by atoms with Crippen molar-refractivity contribution >= 4 is 39.1 Å². The lowest BCUT2D eigenvalue weighted by molar-refractivity contribution is -0.140. The molecule has 0 saturated heterocycles. The maximum Gasteiger partial charge on any atom is 0.264 e. The zero-order valence-electron chi connectivity index (χ0n) is 26.5. The van der Waals surface area contributed by atoms with Crippen molar-refractivity contribution in [3.8, 4) is 5.75 Å². The highest BCUT2D eigenvalue weighted by atomic mass is 35.5. The number of carbonyl (C=O) groups excluding carboxylic acids is 2. The van der Waals surface area contributed by atoms with Gasteiger partial charge in [0.25, 0.3) is 10.0 Å². The first kappa shape index (κ1) is 34.5. The molecule has 0 fully saturated rings. The average Bonchev–Trinajstić information content (AvgIpc) is 3.06. The van der Waals surface area contributed by atoms with Gasteiger partial charge in [0, 0.05) is 24.0 Å². The van der Waals surface area contributed by atoms with Crippen LogP contribution in [0.2, 0.25) is 5.02 Å². The monoisotopic (exact) mass is 661 g/mol. The molecule has 0 aromatic heterocycles. The zero-order chi connectivity index (χ0) is 33.3. The van der Waals surface area contributed by atoms with Crippen molar-refractivity contribution in [2.24, 2.45) is 0 Å². The zero-order valence-corrected chi connectivity index (χ0v) is 28.1. The minimum atomic E-state index is -4.24. The van der Waals surface area contributed by atoms with Crippen molar-refractivity contribution in [3.63, 3.8) is 0 Å². The average molecular weight is 662 g/mol. The third-order valence-electron chi connectivity index (χ3n) is 7.79. The van der Waals surface area contributed by atoms with Gasteiger partial charge in [0.15, 0.2) is 0 Å². The fourth-order valence-electron chi connectivity index (χ4n) is 4.90. The van der Waals surface area contributed by atoms with E-state index < -0.39 is 28.5 Å². The Hall–Kier alpha value is -4.34. The Labute approximate surface area is 277 Å². The Morgan fingerprint density at radius 3 is 2.09 bits per heavy atom. The number of amides is 2. The third kappa shape index (κ3) is 8.89. The number of benzene rings is 4. The van der Waals surface area contributed by atoms with E-state index in [2.05, 4.69) is 5.32 Å². The van der Waals surface area contributed by atoms with Crippen molar-refractivity contribution in [3.05, 3.63) is 125 Å². The van der Waals surface area contributed by atoms with E-state index in [0.717, 1.165) is 21.0 Å². The largest absolute Gasteiger partial charge is 0.497 e. The van der Waals surface area contributed by atoms with Gasteiger partial charge in [-0.3, -0.25) is 13.9 Å². The molecule has 46 heavy (non-hydrogen) atoms. The van der Waals surface area contributed by atoms with E-state index >= 15 is 0 Å². The fraction of sp³-hybridized carbons (Fsp3) is 0.278. The van der Waals surface area contributed by atoms with Gasteiger partial charge in [0.2, 0.25) is 11.8 Å². The predicted molar refractivity (Wildman–Crippen MR) is 183 cm³/mol. The number of anilines is 1. The number of nitrogens with zero attached hydrogens (tertiary/aromatic N) is 2. The number of hydrogen-bond acceptors (Lipinski definition) is 5. The van der Waals surface area contributed by atoms with Gasteiger partial charge >= 0.3 is 0 Å². The van der Waals surface area contributed by atoms with E-state index in [1.807, 2.05) is 75.4 Å². The maximum atomic E-state index is 14.5. The van der Waals surface area contributed by atoms with E-state index in [9.17, 15) is 18.0 Å². The van der Waals surface area contributed by atoms with Crippen LogP contribution in [0.25, 0.3) is 0 Å². The van der Waals surface area contributed by atoms with Gasteiger partial charge in [-0.25, -0.2) is 8.42 Å². The highest BCUT2D eigenvalue weighted by Gasteiger charge is 2.35. The van der Waals surface area contributed by atoms with Crippen LogP contribution in [0.1, 0.15) is 37.0 Å². The molecule has 0 aliphatic heterocycles. The van der Waals surface area contributed by atoms with E-state index in [4.69, 9.17) is 16.3 Å². The predicted octanol–water partition coefficient (Wildman–Crippen LogP) is 6.41. The standard InChI is InChI=1S/C36H40ClN3O5S/c1-5-27(3)38-36(42)34(23-28-9-7-6-8-10-28)39(24-29-13-11-26(2)12-14-29)35(41)25-40(31-17-15-30(37)16-18-31)46(43,44)33-21-19-32(45-4)20-22-33/h6-22,27,34H,5,23-25H2,1-4H3,(H,38,42)/t27-,34-/m1/s1. The molecule has 242 valence electrons. The topological polar surface area (TPSA) is 96.0 Å². The molecule has 10 heteroatoms. The van der Waals surface area contributed by atoms with Crippen LogP contribution in [0.3, 0.4) is 0 Å². The molecule has 0 saturated carbocycles. The minimum absolute atomic E-state index is 0.0171. The van der Waals surface area contributed by atoms with Crippen LogP contribution < -0.4 is 14.4 Å². The molecule has 0 aliphatic carbocycles. The van der Waals surface area contributed by atoms with Crippen LogP contribution in [0.4, 0.5) is 5.69 Å². The number of halogens is 1. The lowest BCUT2D eigenvalue weighted by atomic mass is 10.0. The van der Waals surface area contributed by atoms with Crippen molar-refractivity contribution in [1.29, 1.82) is 0 Å². The van der Waals surface area contributed by atoms with Gasteiger partial charge in [-0.2, -0.15) is 0 Å². The van der Waals surface area contributed by atoms with Gasteiger partial charge in [-0.1, -0.05) is 78.7 Å². The molecule has 4 aromatic carbocycles. The Balaban J connectivity index is 1.80. The fourth-order valence-corrected chi connectivity index (χ4v) is 6.44. The van der Waals surface area contributed by atoms with Crippen molar-refractivity contribution in [1.82, 2.24) is 10.2 Å². The van der Waals surface area contributed by atoms with Crippen molar-refractivity contribution < 1.29 is 22.7 Å². The summed E-state index contributed by atoms with van der Waals surface area (Å²) in [4.78, 5) is 29.9. The minimum Gasteiger partial charge on any atom is -0.497 e. The second-order valence-corrected chi connectivity index (χ2v) is 13.5. The Morgan fingerprint density at radius 1 is 0.870 bits per heavy atom. The van der Waals surface area contributed by atoms with Crippen LogP contribution >= 0.6 is 11.6 Å². The molecule has 4 aromatic rings. The summed E-state index contributed by atoms with van der Waals surface area (Å²) in [6, 6.07) is 28.4. The molecule has 2 amide bonds. The summed E-state index contributed by atoms with van der Waals surface area (Å²) in [6.07, 6.45) is 0.951. The molecule has 2 atom stereocenters. The highest BCUT2D eigenvalue weighted by molar-refractivity contribution is 7.92. The smallest absolute Gasteiger partial charge is 0.264 e. The number of ether oxygens (including phenoxy) is 1. The lowest BCUT2D eigenvalue weighted by Gasteiger charge is -2.34. The highest BCUT2D eigenvalue weighted by Crippen LogP contribution is 2.27. The van der Waals surface area contributed by atoms with Crippen LogP contribution in [-0.4, -0.2) is 50.9 Å². The number of carbonyl (C=O) groups is 2. The Kier molecular flexibility index (Phi) is 11.8. The molecule has 4 rings (SSSR count). The van der Waals surface area contributed by atoms with Crippen LogP contribution in [0.15, 0.2) is 108 Å². The van der Waals surface area contributed by atoms with Gasteiger partial charge in [-0.05, 0) is 79.9 Å². The summed E-state index contributed by atoms with van der Waals surface area (Å²) in [7, 11) is -2.75. The molecule has 0 aliphatic rings. The quantitative estimate of drug-likeness (QED) is 0.169. The number of methoxy groups -OCH3 is 1. The summed E-state index contributed by atoms with van der Waals surface area (Å²) >= 11 is 6.14. The summed E-state index contributed by atoms with van der Waals surface area (Å²) in [5.41, 5.74) is 2.99. The molecular formula is C36H40ClN3O5S. The summed E-state index contributed by atoms with van der Waals surface area (Å²) in [5, 5.41) is 3.47. The normalized spacial score (nSPS) is 12.5. The molecule has 1 N–H and O–H groups in total. The number of hydrogen-bond donors (Lipinski definition) is 1. The van der Waals surface area contributed by atoms with Crippen LogP contribution in [0, 0.1) is 6.92 Å². The van der Waals surface area contributed by atoms with Gasteiger partial charge in [-0.15, -0.1) is 0 Å². The second-order valence-electron chi connectivity index (χ2n) is 11.2. The number of nitrogens with one attached hydrogen (secondary N) is 1. The molecule has 8 nitrogen and oxygen atoms in total. The molecule has 0 spiro atoms. The SMILES string of the molecule is CC[C@@H](C)NC(=O)[C@@H](Cc1ccccc1)N(Cc1ccc(C)cc1)C(=O)CN(c1ccc(Cl)cc1)S(=O)(=O)c1ccc(OC)cc1. The molecule has 0 unspecified atom stereocenters. The first-order valence-electron chi connectivity index (χ1n) is 15.1.